The molecule has 1 aromatic rings. The Kier molecular flexibility index (Phi) is 4.97. The number of aromatic nitrogens is 1. The van der Waals surface area contributed by atoms with Crippen LogP contribution in [0, 0.1) is 11.8 Å². The number of carbonyl (C=O) groups excluding carboxylic acids is 2. The number of pyridine rings is 1. The zero-order valence-corrected chi connectivity index (χ0v) is 15.2. The zero-order chi connectivity index (χ0) is 18.1. The maximum Gasteiger partial charge on any atom is 0.250 e. The van der Waals surface area contributed by atoms with Crippen LogP contribution in [0.2, 0.25) is 0 Å². The summed E-state index contributed by atoms with van der Waals surface area (Å²) >= 11 is 0. The van der Waals surface area contributed by atoms with Gasteiger partial charge in [-0.1, -0.05) is 26.3 Å². The average Bonchev–Trinajstić information content (AvgIpc) is 2.59. The minimum Gasteiger partial charge on any atom is -0.344 e. The van der Waals surface area contributed by atoms with Crippen LogP contribution in [0.5, 0.6) is 0 Å². The quantitative estimate of drug-likeness (QED) is 0.895. The molecule has 1 fully saturated rings. The predicted octanol–water partition coefficient (Wildman–Crippen LogP) is 1.34. The smallest absolute Gasteiger partial charge is 0.250 e. The van der Waals surface area contributed by atoms with Crippen molar-refractivity contribution in [1.82, 2.24) is 14.8 Å². The Hall–Kier alpha value is -2.11. The highest BCUT2D eigenvalue weighted by molar-refractivity contribution is 5.87. The van der Waals surface area contributed by atoms with Crippen molar-refractivity contribution in [3.05, 3.63) is 34.2 Å². The number of piperidine rings is 1. The van der Waals surface area contributed by atoms with E-state index in [0.29, 0.717) is 25.6 Å². The van der Waals surface area contributed by atoms with Crippen LogP contribution in [-0.2, 0) is 16.1 Å². The van der Waals surface area contributed by atoms with Gasteiger partial charge in [-0.05, 0) is 24.3 Å². The molecule has 2 aliphatic rings. The number of nitrogens with one attached hydrogen (secondary N) is 1. The van der Waals surface area contributed by atoms with Gasteiger partial charge in [-0.25, -0.2) is 0 Å². The van der Waals surface area contributed by atoms with E-state index in [1.54, 1.807) is 12.1 Å². The van der Waals surface area contributed by atoms with Crippen LogP contribution in [0.1, 0.15) is 45.2 Å². The van der Waals surface area contributed by atoms with E-state index in [2.05, 4.69) is 5.32 Å². The maximum absolute atomic E-state index is 13.1. The first-order chi connectivity index (χ1) is 11.9. The van der Waals surface area contributed by atoms with E-state index < -0.39 is 6.04 Å². The van der Waals surface area contributed by atoms with Crippen molar-refractivity contribution >= 4 is 11.8 Å². The minimum absolute atomic E-state index is 0.00554. The van der Waals surface area contributed by atoms with Gasteiger partial charge in [0.15, 0.2) is 0 Å². The molecule has 2 aliphatic heterocycles. The lowest BCUT2D eigenvalue weighted by molar-refractivity contribution is -0.140. The van der Waals surface area contributed by atoms with Crippen LogP contribution in [0.3, 0.4) is 0 Å². The fourth-order valence-corrected chi connectivity index (χ4v) is 4.18. The molecule has 3 rings (SSSR count). The van der Waals surface area contributed by atoms with Gasteiger partial charge in [0.2, 0.25) is 11.8 Å². The fourth-order valence-electron chi connectivity index (χ4n) is 4.18. The summed E-state index contributed by atoms with van der Waals surface area (Å²) in [6, 6.07) is 4.92. The second-order valence-corrected chi connectivity index (χ2v) is 7.51. The van der Waals surface area contributed by atoms with E-state index >= 15 is 0 Å². The second kappa shape index (κ2) is 7.02. The second-order valence-electron chi connectivity index (χ2n) is 7.51. The first-order valence-electron chi connectivity index (χ1n) is 9.16. The molecule has 3 unspecified atom stereocenters. The van der Waals surface area contributed by atoms with Crippen LogP contribution >= 0.6 is 0 Å². The van der Waals surface area contributed by atoms with Gasteiger partial charge in [0.05, 0.1) is 0 Å². The van der Waals surface area contributed by atoms with Crippen molar-refractivity contribution in [2.24, 2.45) is 11.8 Å². The van der Waals surface area contributed by atoms with E-state index in [1.165, 1.54) is 6.92 Å². The SMILES string of the molecule is CCC(C)[C@H](NC(C)=O)C(=O)N1CC2CC(C1)c1cccc(=O)n1C2. The Labute approximate surface area is 148 Å². The molecule has 1 N–H and O–H groups in total. The number of amides is 2. The predicted molar refractivity (Wildman–Crippen MR) is 95.2 cm³/mol. The number of likely N-dealkylation sites (tertiary alicyclic amines) is 1. The lowest BCUT2D eigenvalue weighted by Gasteiger charge is -2.44. The third-order valence-electron chi connectivity index (χ3n) is 5.63. The van der Waals surface area contributed by atoms with Gasteiger partial charge >= 0.3 is 0 Å². The van der Waals surface area contributed by atoms with Gasteiger partial charge in [0.1, 0.15) is 6.04 Å². The molecule has 2 amide bonds. The highest BCUT2D eigenvalue weighted by Crippen LogP contribution is 2.35. The molecule has 0 aliphatic carbocycles. The van der Waals surface area contributed by atoms with Crippen LogP contribution in [0.4, 0.5) is 0 Å². The van der Waals surface area contributed by atoms with Crippen molar-refractivity contribution in [1.29, 1.82) is 0 Å². The molecular weight excluding hydrogens is 318 g/mol. The van der Waals surface area contributed by atoms with Gasteiger partial charge in [-0.2, -0.15) is 0 Å². The summed E-state index contributed by atoms with van der Waals surface area (Å²) in [4.78, 5) is 38.6. The normalized spacial score (nSPS) is 24.2. The molecule has 0 spiro atoms. The van der Waals surface area contributed by atoms with E-state index in [4.69, 9.17) is 0 Å². The van der Waals surface area contributed by atoms with E-state index in [-0.39, 0.29) is 29.2 Å². The van der Waals surface area contributed by atoms with Crippen molar-refractivity contribution in [2.75, 3.05) is 13.1 Å². The number of hydrogen-bond donors (Lipinski definition) is 1. The molecule has 1 saturated heterocycles. The third kappa shape index (κ3) is 3.48. The molecule has 136 valence electrons. The Balaban J connectivity index is 1.82. The van der Waals surface area contributed by atoms with E-state index in [9.17, 15) is 14.4 Å². The topological polar surface area (TPSA) is 71.4 Å². The Morgan fingerprint density at radius 3 is 2.72 bits per heavy atom. The fraction of sp³-hybridized carbons (Fsp3) is 0.632. The summed E-state index contributed by atoms with van der Waals surface area (Å²) in [5, 5.41) is 2.84. The molecule has 6 heteroatoms. The largest absolute Gasteiger partial charge is 0.344 e. The van der Waals surface area contributed by atoms with Gasteiger partial charge < -0.3 is 14.8 Å². The molecule has 4 atom stereocenters. The molecule has 0 radical (unpaired) electrons. The van der Waals surface area contributed by atoms with Crippen LogP contribution in [0.15, 0.2) is 23.0 Å². The summed E-state index contributed by atoms with van der Waals surface area (Å²) in [5.41, 5.74) is 1.07. The lowest BCUT2D eigenvalue weighted by atomic mass is 9.82. The highest BCUT2D eigenvalue weighted by Gasteiger charge is 2.39. The molecule has 3 heterocycles. The Morgan fingerprint density at radius 1 is 1.28 bits per heavy atom. The van der Waals surface area contributed by atoms with E-state index in [1.807, 2.05) is 29.4 Å². The number of carbonyl (C=O) groups is 2. The summed E-state index contributed by atoms with van der Waals surface area (Å²) < 4.78 is 1.86. The average molecular weight is 345 g/mol. The summed E-state index contributed by atoms with van der Waals surface area (Å²) in [6.45, 7) is 7.42. The maximum atomic E-state index is 13.1. The Morgan fingerprint density at radius 2 is 2.04 bits per heavy atom. The zero-order valence-electron chi connectivity index (χ0n) is 15.2. The number of hydrogen-bond acceptors (Lipinski definition) is 3. The van der Waals surface area contributed by atoms with Crippen molar-refractivity contribution in [3.63, 3.8) is 0 Å². The molecule has 0 aromatic carbocycles. The number of nitrogens with zero attached hydrogens (tertiary/aromatic N) is 2. The first kappa shape index (κ1) is 17.7. The van der Waals surface area contributed by atoms with Crippen LogP contribution < -0.4 is 10.9 Å². The first-order valence-corrected chi connectivity index (χ1v) is 9.16. The van der Waals surface area contributed by atoms with Gasteiger partial charge in [0.25, 0.3) is 5.56 Å². The monoisotopic (exact) mass is 345 g/mol. The van der Waals surface area contributed by atoms with Gasteiger partial charge in [-0.3, -0.25) is 14.4 Å². The summed E-state index contributed by atoms with van der Waals surface area (Å²) in [5.74, 6) is 0.414. The minimum atomic E-state index is -0.473. The van der Waals surface area contributed by atoms with Crippen LogP contribution in [0.25, 0.3) is 0 Å². The third-order valence-corrected chi connectivity index (χ3v) is 5.63. The standard InChI is InChI=1S/C19H27N3O3/c1-4-12(2)18(20-13(3)23)19(25)21-9-14-8-15(11-21)16-6-5-7-17(24)22(16)10-14/h5-7,12,14-15,18H,4,8-11H2,1-3H3,(H,20,23)/t12?,14?,15?,18-/m0/s1. The van der Waals surface area contributed by atoms with Crippen molar-refractivity contribution in [3.8, 4) is 0 Å². The molecule has 0 saturated carbocycles. The van der Waals surface area contributed by atoms with Gasteiger partial charge in [-0.15, -0.1) is 0 Å². The van der Waals surface area contributed by atoms with E-state index in [0.717, 1.165) is 18.5 Å². The molecular formula is C19H27N3O3. The van der Waals surface area contributed by atoms with Gasteiger partial charge in [0, 0.05) is 44.2 Å². The van der Waals surface area contributed by atoms with Crippen molar-refractivity contribution < 1.29 is 9.59 Å². The Bertz CT molecular complexity index is 727. The van der Waals surface area contributed by atoms with Crippen molar-refractivity contribution in [2.45, 2.75) is 52.1 Å². The number of fused-ring (bicyclic) bond motifs is 4. The van der Waals surface area contributed by atoms with Crippen LogP contribution in [-0.4, -0.2) is 40.4 Å². The number of rotatable bonds is 4. The molecule has 2 bridgehead atoms. The molecule has 1 aromatic heterocycles. The summed E-state index contributed by atoms with van der Waals surface area (Å²) in [6.07, 6.45) is 1.84. The lowest BCUT2D eigenvalue weighted by Crippen LogP contribution is -2.56. The molecule has 6 nitrogen and oxygen atoms in total. The molecule has 25 heavy (non-hydrogen) atoms. The highest BCUT2D eigenvalue weighted by atomic mass is 16.2. The summed E-state index contributed by atoms with van der Waals surface area (Å²) in [7, 11) is 0.